The Morgan fingerprint density at radius 3 is 2.32 bits per heavy atom. The highest BCUT2D eigenvalue weighted by molar-refractivity contribution is 7.89. The molecule has 0 aliphatic rings. The van der Waals surface area contributed by atoms with Crippen LogP contribution in [0.4, 0.5) is 4.39 Å². The van der Waals surface area contributed by atoms with Crippen LogP contribution < -0.4 is 0 Å². The van der Waals surface area contributed by atoms with Crippen molar-refractivity contribution in [3.8, 4) is 0 Å². The minimum Gasteiger partial charge on any atom is -0.253 e. The van der Waals surface area contributed by atoms with E-state index in [4.69, 9.17) is 0 Å². The third-order valence-corrected chi connectivity index (χ3v) is 7.11. The van der Waals surface area contributed by atoms with Gasteiger partial charge in [-0.1, -0.05) is 40.7 Å². The molecule has 0 saturated heterocycles. The topological polar surface area (TPSA) is 50.3 Å². The minimum absolute atomic E-state index is 0.0272. The van der Waals surface area contributed by atoms with Crippen molar-refractivity contribution in [2.24, 2.45) is 0 Å². The Kier molecular flexibility index (Phi) is 5.42. The molecule has 0 N–H and O–H groups in total. The van der Waals surface area contributed by atoms with E-state index in [9.17, 15) is 12.8 Å². The van der Waals surface area contributed by atoms with Gasteiger partial charge < -0.3 is 0 Å². The van der Waals surface area contributed by atoms with E-state index < -0.39 is 15.8 Å². The van der Waals surface area contributed by atoms with Crippen molar-refractivity contribution in [2.45, 2.75) is 50.3 Å². The molecule has 0 radical (unpaired) electrons. The summed E-state index contributed by atoms with van der Waals surface area (Å²) in [6.45, 7) is 9.89. The molecule has 0 spiro atoms. The van der Waals surface area contributed by atoms with E-state index in [0.717, 1.165) is 10.9 Å². The normalized spacial score (nSPS) is 13.4. The second-order valence-corrected chi connectivity index (χ2v) is 10.8. The van der Waals surface area contributed by atoms with E-state index in [1.165, 1.54) is 28.8 Å². The SMILES string of the molecule is CN(CC(C)(C)c1cncs1)S(=O)(=O)c1ccc(C(C)(C)C)c(F)c1. The van der Waals surface area contributed by atoms with Gasteiger partial charge in [0.1, 0.15) is 5.82 Å². The van der Waals surface area contributed by atoms with E-state index in [1.54, 1.807) is 17.8 Å². The van der Waals surface area contributed by atoms with Crippen molar-refractivity contribution in [1.82, 2.24) is 9.29 Å². The van der Waals surface area contributed by atoms with Crippen LogP contribution in [0.5, 0.6) is 0 Å². The Balaban J connectivity index is 2.31. The molecule has 0 fully saturated rings. The fourth-order valence-electron chi connectivity index (χ4n) is 2.71. The summed E-state index contributed by atoms with van der Waals surface area (Å²) in [6.07, 6.45) is 1.75. The summed E-state index contributed by atoms with van der Waals surface area (Å²) in [6, 6.07) is 4.16. The molecule has 0 aliphatic carbocycles. The molecule has 4 nitrogen and oxygen atoms in total. The first-order valence-electron chi connectivity index (χ1n) is 8.01. The van der Waals surface area contributed by atoms with Crippen LogP contribution in [0.1, 0.15) is 45.1 Å². The number of hydrogen-bond acceptors (Lipinski definition) is 4. The second kappa shape index (κ2) is 6.78. The van der Waals surface area contributed by atoms with Gasteiger partial charge in [0.15, 0.2) is 0 Å². The van der Waals surface area contributed by atoms with Crippen molar-refractivity contribution < 1.29 is 12.8 Å². The smallest absolute Gasteiger partial charge is 0.242 e. The van der Waals surface area contributed by atoms with Crippen LogP contribution in [0.3, 0.4) is 0 Å². The van der Waals surface area contributed by atoms with Crippen molar-refractivity contribution in [3.05, 3.63) is 46.2 Å². The average Bonchev–Trinajstić information content (AvgIpc) is 3.00. The minimum atomic E-state index is -3.77. The van der Waals surface area contributed by atoms with Crippen LogP contribution in [0.2, 0.25) is 0 Å². The fraction of sp³-hybridized carbons (Fsp3) is 0.500. The van der Waals surface area contributed by atoms with Crippen LogP contribution in [0, 0.1) is 5.82 Å². The standard InChI is InChI=1S/C18H25FN2O2S2/c1-17(2,3)14-8-7-13(9-15(14)19)25(22,23)21(6)11-18(4,5)16-10-20-12-24-16/h7-10,12H,11H2,1-6H3. The number of hydrogen-bond donors (Lipinski definition) is 0. The second-order valence-electron chi connectivity index (χ2n) is 7.90. The summed E-state index contributed by atoms with van der Waals surface area (Å²) < 4.78 is 41.4. The molecule has 25 heavy (non-hydrogen) atoms. The van der Waals surface area contributed by atoms with Crippen LogP contribution in [-0.2, 0) is 20.9 Å². The van der Waals surface area contributed by atoms with Gasteiger partial charge in [-0.15, -0.1) is 11.3 Å². The molecular weight excluding hydrogens is 359 g/mol. The molecular formula is C18H25FN2O2S2. The molecule has 1 heterocycles. The first-order valence-corrected chi connectivity index (χ1v) is 10.3. The number of benzene rings is 1. The van der Waals surface area contributed by atoms with Crippen molar-refractivity contribution in [3.63, 3.8) is 0 Å². The van der Waals surface area contributed by atoms with Gasteiger partial charge in [0.25, 0.3) is 0 Å². The van der Waals surface area contributed by atoms with E-state index in [-0.39, 0.29) is 22.3 Å². The van der Waals surface area contributed by atoms with Crippen molar-refractivity contribution in [1.29, 1.82) is 0 Å². The summed E-state index contributed by atoms with van der Waals surface area (Å²) in [5.41, 5.74) is 1.46. The first-order chi connectivity index (χ1) is 11.4. The third kappa shape index (κ3) is 4.27. The lowest BCUT2D eigenvalue weighted by Crippen LogP contribution is -2.38. The van der Waals surface area contributed by atoms with E-state index in [2.05, 4.69) is 4.98 Å². The number of nitrogens with zero attached hydrogens (tertiary/aromatic N) is 2. The zero-order valence-electron chi connectivity index (χ0n) is 15.5. The molecule has 7 heteroatoms. The van der Waals surface area contributed by atoms with Gasteiger partial charge in [-0.2, -0.15) is 0 Å². The number of thiazole rings is 1. The first kappa shape index (κ1) is 20.0. The van der Waals surface area contributed by atoms with Crippen molar-refractivity contribution >= 4 is 21.4 Å². The number of likely N-dealkylation sites (N-methyl/N-ethyl adjacent to an activating group) is 1. The van der Waals surface area contributed by atoms with E-state index in [1.807, 2.05) is 34.6 Å². The maximum Gasteiger partial charge on any atom is 0.242 e. The summed E-state index contributed by atoms with van der Waals surface area (Å²) in [5, 5.41) is 0. The molecule has 1 aromatic carbocycles. The molecule has 2 aromatic rings. The predicted octanol–water partition coefficient (Wildman–Crippen LogP) is 4.18. The summed E-state index contributed by atoms with van der Waals surface area (Å²) >= 11 is 1.49. The Hall–Kier alpha value is -1.31. The van der Waals surface area contributed by atoms with Gasteiger partial charge in [0.05, 0.1) is 10.4 Å². The number of aromatic nitrogens is 1. The van der Waals surface area contributed by atoms with E-state index >= 15 is 0 Å². The number of halogens is 1. The molecule has 138 valence electrons. The van der Waals surface area contributed by atoms with Gasteiger partial charge in [-0.25, -0.2) is 17.1 Å². The lowest BCUT2D eigenvalue weighted by Gasteiger charge is -2.29. The highest BCUT2D eigenvalue weighted by Gasteiger charge is 2.31. The average molecular weight is 385 g/mol. The van der Waals surface area contributed by atoms with Crippen molar-refractivity contribution in [2.75, 3.05) is 13.6 Å². The molecule has 0 unspecified atom stereocenters. The lowest BCUT2D eigenvalue weighted by atomic mass is 9.87. The number of rotatable bonds is 5. The Bertz CT molecular complexity index is 838. The molecule has 0 atom stereocenters. The Morgan fingerprint density at radius 1 is 1.20 bits per heavy atom. The van der Waals surface area contributed by atoms with Gasteiger partial charge in [-0.05, 0) is 23.1 Å². The zero-order chi connectivity index (χ0) is 19.0. The monoisotopic (exact) mass is 384 g/mol. The fourth-order valence-corrected chi connectivity index (χ4v) is 4.80. The lowest BCUT2D eigenvalue weighted by molar-refractivity contribution is 0.376. The predicted molar refractivity (Wildman–Crippen MR) is 100 cm³/mol. The maximum absolute atomic E-state index is 14.4. The van der Waals surface area contributed by atoms with E-state index in [0.29, 0.717) is 5.56 Å². The van der Waals surface area contributed by atoms with Gasteiger partial charge in [-0.3, -0.25) is 4.98 Å². The summed E-state index contributed by atoms with van der Waals surface area (Å²) in [4.78, 5) is 5.04. The maximum atomic E-state index is 14.4. The van der Waals surface area contributed by atoms with Crippen LogP contribution >= 0.6 is 11.3 Å². The quantitative estimate of drug-likeness (QED) is 0.777. The van der Waals surface area contributed by atoms with Crippen LogP contribution in [0.15, 0.2) is 34.8 Å². The van der Waals surface area contributed by atoms with Gasteiger partial charge in [0, 0.05) is 30.1 Å². The zero-order valence-corrected chi connectivity index (χ0v) is 17.1. The summed E-state index contributed by atoms with van der Waals surface area (Å²) in [5.74, 6) is -0.497. The largest absolute Gasteiger partial charge is 0.253 e. The van der Waals surface area contributed by atoms with Crippen LogP contribution in [-0.4, -0.2) is 31.3 Å². The molecule has 0 aliphatic heterocycles. The third-order valence-electron chi connectivity index (χ3n) is 4.17. The molecule has 0 bridgehead atoms. The summed E-state index contributed by atoms with van der Waals surface area (Å²) in [7, 11) is -2.25. The molecule has 0 saturated carbocycles. The van der Waals surface area contributed by atoms with Gasteiger partial charge in [0.2, 0.25) is 10.0 Å². The number of sulfonamides is 1. The molecule has 1 aromatic heterocycles. The van der Waals surface area contributed by atoms with Crippen LogP contribution in [0.25, 0.3) is 0 Å². The highest BCUT2D eigenvalue weighted by atomic mass is 32.2. The molecule has 0 amide bonds. The Labute approximate surface area is 153 Å². The highest BCUT2D eigenvalue weighted by Crippen LogP contribution is 2.30. The molecule has 2 rings (SSSR count). The Morgan fingerprint density at radius 2 is 1.84 bits per heavy atom. The van der Waals surface area contributed by atoms with Gasteiger partial charge >= 0.3 is 0 Å².